The molecule has 27 heavy (non-hydrogen) atoms. The van der Waals surface area contributed by atoms with Crippen LogP contribution in [0, 0.1) is 0 Å². The molecule has 0 aliphatic carbocycles. The van der Waals surface area contributed by atoms with E-state index in [9.17, 15) is 13.2 Å². The number of ether oxygens (including phenoxy) is 2. The minimum atomic E-state index is -3.78. The predicted octanol–water partition coefficient (Wildman–Crippen LogP) is 2.63. The van der Waals surface area contributed by atoms with Gasteiger partial charge in [0.1, 0.15) is 5.25 Å². The van der Waals surface area contributed by atoms with Gasteiger partial charge in [0.05, 0.1) is 4.90 Å². The summed E-state index contributed by atoms with van der Waals surface area (Å²) in [6.45, 7) is 2.04. The molecule has 0 radical (unpaired) electrons. The van der Waals surface area contributed by atoms with E-state index < -0.39 is 15.1 Å². The number of aromatic nitrogens is 1. The summed E-state index contributed by atoms with van der Waals surface area (Å²) < 4.78 is 37.1. The number of nitrogens with one attached hydrogen (secondary N) is 1. The molecule has 7 nitrogen and oxygen atoms in total. The maximum Gasteiger partial charge on any atom is 0.231 e. The standard InChI is InChI=1S/C19H22N2O5S/c1-2-3-6-19(22)21-12-18(14-5-4-9-20-11-14)27(23,24)15-7-8-16-17(10-15)26-13-25-16/h4-5,7-11,18H,2-3,6,12-13H2,1H3,(H,21,22)/t18-/m0/s1. The number of sulfone groups is 1. The van der Waals surface area contributed by atoms with Crippen LogP contribution in [0.25, 0.3) is 0 Å². The van der Waals surface area contributed by atoms with E-state index in [4.69, 9.17) is 9.47 Å². The molecule has 3 rings (SSSR count). The lowest BCUT2D eigenvalue weighted by atomic mass is 10.2. The maximum atomic E-state index is 13.3. The number of hydrogen-bond donors (Lipinski definition) is 1. The van der Waals surface area contributed by atoms with Crippen molar-refractivity contribution in [3.05, 3.63) is 48.3 Å². The molecule has 1 aliphatic rings. The molecule has 0 bridgehead atoms. The van der Waals surface area contributed by atoms with Crippen molar-refractivity contribution >= 4 is 15.7 Å². The molecular formula is C19H22N2O5S. The van der Waals surface area contributed by atoms with E-state index in [0.29, 0.717) is 23.5 Å². The van der Waals surface area contributed by atoms with Crippen molar-refractivity contribution in [2.24, 2.45) is 0 Å². The number of unbranched alkanes of at least 4 members (excludes halogenated alkanes) is 1. The Bertz CT molecular complexity index is 900. The van der Waals surface area contributed by atoms with Crippen LogP contribution in [0.15, 0.2) is 47.6 Å². The number of carbonyl (C=O) groups excluding carboxylic acids is 1. The summed E-state index contributed by atoms with van der Waals surface area (Å²) in [6, 6.07) is 7.90. The highest BCUT2D eigenvalue weighted by Crippen LogP contribution is 2.37. The number of carbonyl (C=O) groups is 1. The Labute approximate surface area is 158 Å². The van der Waals surface area contributed by atoms with Gasteiger partial charge in [0, 0.05) is 31.4 Å². The van der Waals surface area contributed by atoms with E-state index >= 15 is 0 Å². The molecule has 0 saturated heterocycles. The first-order valence-electron chi connectivity index (χ1n) is 8.82. The Morgan fingerprint density at radius 1 is 1.26 bits per heavy atom. The van der Waals surface area contributed by atoms with E-state index in [1.165, 1.54) is 18.3 Å². The van der Waals surface area contributed by atoms with Gasteiger partial charge in [0.2, 0.25) is 12.7 Å². The van der Waals surface area contributed by atoms with E-state index in [2.05, 4.69) is 10.3 Å². The third-order valence-electron chi connectivity index (χ3n) is 4.35. The lowest BCUT2D eigenvalue weighted by molar-refractivity contribution is -0.121. The molecular weight excluding hydrogens is 368 g/mol. The van der Waals surface area contributed by atoms with Crippen LogP contribution in [0.5, 0.6) is 11.5 Å². The van der Waals surface area contributed by atoms with E-state index in [1.807, 2.05) is 6.92 Å². The van der Waals surface area contributed by atoms with Gasteiger partial charge >= 0.3 is 0 Å². The molecule has 0 saturated carbocycles. The zero-order valence-electron chi connectivity index (χ0n) is 15.1. The van der Waals surface area contributed by atoms with E-state index in [1.54, 1.807) is 24.4 Å². The molecule has 1 amide bonds. The number of hydrogen-bond acceptors (Lipinski definition) is 6. The van der Waals surface area contributed by atoms with Gasteiger partial charge in [-0.1, -0.05) is 19.4 Å². The summed E-state index contributed by atoms with van der Waals surface area (Å²) in [4.78, 5) is 16.1. The van der Waals surface area contributed by atoms with Crippen molar-refractivity contribution in [1.29, 1.82) is 0 Å². The largest absolute Gasteiger partial charge is 0.454 e. The minimum Gasteiger partial charge on any atom is -0.454 e. The highest BCUT2D eigenvalue weighted by molar-refractivity contribution is 7.91. The summed E-state index contributed by atoms with van der Waals surface area (Å²) in [5, 5.41) is 1.80. The quantitative estimate of drug-likeness (QED) is 0.745. The van der Waals surface area contributed by atoms with Gasteiger partial charge in [-0.25, -0.2) is 8.42 Å². The predicted molar refractivity (Wildman–Crippen MR) is 99.3 cm³/mol. The van der Waals surface area contributed by atoms with Crippen LogP contribution < -0.4 is 14.8 Å². The van der Waals surface area contributed by atoms with Gasteiger partial charge in [0.15, 0.2) is 21.3 Å². The number of fused-ring (bicyclic) bond motifs is 1. The number of benzene rings is 1. The Morgan fingerprint density at radius 2 is 2.07 bits per heavy atom. The number of nitrogens with zero attached hydrogens (tertiary/aromatic N) is 1. The highest BCUT2D eigenvalue weighted by atomic mass is 32.2. The van der Waals surface area contributed by atoms with E-state index in [-0.39, 0.29) is 24.1 Å². The first kappa shape index (κ1) is 19.2. The molecule has 0 spiro atoms. The first-order chi connectivity index (χ1) is 13.0. The van der Waals surface area contributed by atoms with Crippen molar-refractivity contribution in [2.45, 2.75) is 36.3 Å². The van der Waals surface area contributed by atoms with Gasteiger partial charge in [-0.15, -0.1) is 0 Å². The third-order valence-corrected chi connectivity index (χ3v) is 6.44. The lowest BCUT2D eigenvalue weighted by Gasteiger charge is -2.19. The summed E-state index contributed by atoms with van der Waals surface area (Å²) in [5.41, 5.74) is 0.519. The summed E-state index contributed by atoms with van der Waals surface area (Å²) in [6.07, 6.45) is 5.12. The molecule has 1 atom stereocenters. The third kappa shape index (κ3) is 4.39. The van der Waals surface area contributed by atoms with Gasteiger partial charge in [-0.05, 0) is 30.2 Å². The highest BCUT2D eigenvalue weighted by Gasteiger charge is 2.31. The average molecular weight is 390 g/mol. The first-order valence-corrected chi connectivity index (χ1v) is 10.4. The van der Waals surface area contributed by atoms with Crippen molar-refractivity contribution < 1.29 is 22.7 Å². The molecule has 0 unspecified atom stereocenters. The van der Waals surface area contributed by atoms with Crippen LogP contribution >= 0.6 is 0 Å². The van der Waals surface area contributed by atoms with Crippen LogP contribution in [0.2, 0.25) is 0 Å². The van der Waals surface area contributed by atoms with Crippen molar-refractivity contribution in [1.82, 2.24) is 10.3 Å². The van der Waals surface area contributed by atoms with Crippen LogP contribution in [0.1, 0.15) is 37.0 Å². The molecule has 1 aromatic carbocycles. The van der Waals surface area contributed by atoms with Crippen molar-refractivity contribution in [3.8, 4) is 11.5 Å². The summed E-state index contributed by atoms with van der Waals surface area (Å²) in [7, 11) is -3.78. The summed E-state index contributed by atoms with van der Waals surface area (Å²) in [5.74, 6) is 0.749. The van der Waals surface area contributed by atoms with Gasteiger partial charge in [-0.3, -0.25) is 9.78 Å². The topological polar surface area (TPSA) is 94.6 Å². The van der Waals surface area contributed by atoms with Gasteiger partial charge in [-0.2, -0.15) is 0 Å². The van der Waals surface area contributed by atoms with Crippen LogP contribution in [-0.4, -0.2) is 32.6 Å². The molecule has 8 heteroatoms. The molecule has 144 valence electrons. The minimum absolute atomic E-state index is 0.0228. The average Bonchev–Trinajstić information content (AvgIpc) is 3.15. The molecule has 2 heterocycles. The van der Waals surface area contributed by atoms with Crippen LogP contribution in [0.3, 0.4) is 0 Å². The number of amides is 1. The fourth-order valence-electron chi connectivity index (χ4n) is 2.82. The molecule has 0 fully saturated rings. The normalized spacial score (nSPS) is 14.0. The molecule has 2 aromatic rings. The summed E-state index contributed by atoms with van der Waals surface area (Å²) >= 11 is 0. The number of rotatable bonds is 8. The molecule has 1 N–H and O–H groups in total. The lowest BCUT2D eigenvalue weighted by Crippen LogP contribution is -2.31. The second-order valence-electron chi connectivity index (χ2n) is 6.24. The van der Waals surface area contributed by atoms with Gasteiger partial charge in [0.25, 0.3) is 0 Å². The zero-order chi connectivity index (χ0) is 19.3. The fraction of sp³-hybridized carbons (Fsp3) is 0.368. The Balaban J connectivity index is 1.88. The van der Waals surface area contributed by atoms with Crippen LogP contribution in [-0.2, 0) is 14.6 Å². The Kier molecular flexibility index (Phi) is 5.95. The fourth-order valence-corrected chi connectivity index (χ4v) is 4.48. The van der Waals surface area contributed by atoms with E-state index in [0.717, 1.165) is 12.8 Å². The second-order valence-corrected chi connectivity index (χ2v) is 8.37. The molecule has 1 aromatic heterocycles. The Morgan fingerprint density at radius 3 is 2.81 bits per heavy atom. The van der Waals surface area contributed by atoms with Gasteiger partial charge < -0.3 is 14.8 Å². The molecule has 1 aliphatic heterocycles. The second kappa shape index (κ2) is 8.39. The maximum absolute atomic E-state index is 13.3. The van der Waals surface area contributed by atoms with Crippen molar-refractivity contribution in [3.63, 3.8) is 0 Å². The monoisotopic (exact) mass is 390 g/mol. The van der Waals surface area contributed by atoms with Crippen molar-refractivity contribution in [2.75, 3.05) is 13.3 Å². The zero-order valence-corrected chi connectivity index (χ0v) is 15.9. The number of pyridine rings is 1. The SMILES string of the molecule is CCCCC(=O)NC[C@@H](c1cccnc1)S(=O)(=O)c1ccc2c(c1)OCO2. The smallest absolute Gasteiger partial charge is 0.231 e. The van der Waals surface area contributed by atoms with Crippen LogP contribution in [0.4, 0.5) is 0 Å². The Hall–Kier alpha value is -2.61.